The van der Waals surface area contributed by atoms with Crippen LogP contribution in [0.15, 0.2) is 54.1 Å². The first kappa shape index (κ1) is 12.1. The molecule has 17 heavy (non-hydrogen) atoms. The summed E-state index contributed by atoms with van der Waals surface area (Å²) in [4.78, 5) is 2.51. The van der Waals surface area contributed by atoms with E-state index >= 15 is 0 Å². The van der Waals surface area contributed by atoms with E-state index in [1.165, 1.54) is 11.1 Å². The lowest BCUT2D eigenvalue weighted by Crippen LogP contribution is -2.29. The van der Waals surface area contributed by atoms with Gasteiger partial charge in [0.25, 0.3) is 0 Å². The third-order valence-electron chi connectivity index (χ3n) is 3.41. The Labute approximate surface area is 104 Å². The second kappa shape index (κ2) is 5.83. The van der Waals surface area contributed by atoms with Crippen LogP contribution in [0.5, 0.6) is 0 Å². The Morgan fingerprint density at radius 3 is 2.35 bits per heavy atom. The molecule has 2 rings (SSSR count). The van der Waals surface area contributed by atoms with Gasteiger partial charge in [-0.25, -0.2) is 0 Å². The van der Waals surface area contributed by atoms with Crippen molar-refractivity contribution in [2.75, 3.05) is 13.1 Å². The molecule has 1 aromatic carbocycles. The zero-order valence-electron chi connectivity index (χ0n) is 10.8. The standard InChI is InChI=1S/C16H21N/c1-3-17(4-2)16(15-12-8-9-13-15)14-10-6-5-7-11-14/h5-8,10-13,16H,3-4,9H2,1-2H3. The molecule has 0 heterocycles. The fraction of sp³-hybridized carbons (Fsp3) is 0.375. The molecule has 0 fully saturated rings. The maximum Gasteiger partial charge on any atom is 0.0598 e. The highest BCUT2D eigenvalue weighted by molar-refractivity contribution is 5.37. The Morgan fingerprint density at radius 1 is 1.12 bits per heavy atom. The van der Waals surface area contributed by atoms with Crippen molar-refractivity contribution in [1.29, 1.82) is 0 Å². The predicted molar refractivity (Wildman–Crippen MR) is 73.9 cm³/mol. The Hall–Kier alpha value is -1.34. The van der Waals surface area contributed by atoms with Crippen LogP contribution in [0, 0.1) is 0 Å². The van der Waals surface area contributed by atoms with Gasteiger partial charge in [0.15, 0.2) is 0 Å². The van der Waals surface area contributed by atoms with Gasteiger partial charge in [-0.3, -0.25) is 4.90 Å². The van der Waals surface area contributed by atoms with Crippen LogP contribution in [0.25, 0.3) is 0 Å². The molecule has 1 aromatic rings. The second-order valence-electron chi connectivity index (χ2n) is 4.38. The van der Waals surface area contributed by atoms with Crippen molar-refractivity contribution in [2.24, 2.45) is 0 Å². The molecule has 0 amide bonds. The summed E-state index contributed by atoms with van der Waals surface area (Å²) in [7, 11) is 0. The monoisotopic (exact) mass is 227 g/mol. The van der Waals surface area contributed by atoms with Gasteiger partial charge in [-0.2, -0.15) is 0 Å². The highest BCUT2D eigenvalue weighted by Gasteiger charge is 2.21. The Bertz CT molecular complexity index is 399. The summed E-state index contributed by atoms with van der Waals surface area (Å²) >= 11 is 0. The van der Waals surface area contributed by atoms with E-state index in [0.717, 1.165) is 19.5 Å². The van der Waals surface area contributed by atoms with Crippen molar-refractivity contribution in [3.05, 3.63) is 59.7 Å². The van der Waals surface area contributed by atoms with Crippen molar-refractivity contribution < 1.29 is 0 Å². The van der Waals surface area contributed by atoms with Crippen LogP contribution in [-0.4, -0.2) is 18.0 Å². The van der Waals surface area contributed by atoms with Gasteiger partial charge in [-0.05, 0) is 30.6 Å². The summed E-state index contributed by atoms with van der Waals surface area (Å²) in [6.45, 7) is 6.64. The van der Waals surface area contributed by atoms with Crippen molar-refractivity contribution >= 4 is 0 Å². The highest BCUT2D eigenvalue weighted by atomic mass is 15.1. The fourth-order valence-electron chi connectivity index (χ4n) is 2.52. The molecule has 1 unspecified atom stereocenters. The van der Waals surface area contributed by atoms with Crippen LogP contribution in [0.2, 0.25) is 0 Å². The number of likely N-dealkylation sites (N-methyl/N-ethyl adjacent to an activating group) is 1. The second-order valence-corrected chi connectivity index (χ2v) is 4.38. The molecule has 1 aliphatic rings. The summed E-state index contributed by atoms with van der Waals surface area (Å²) in [6, 6.07) is 11.2. The first-order chi connectivity index (χ1) is 8.36. The molecule has 1 aliphatic carbocycles. The quantitative estimate of drug-likeness (QED) is 0.736. The van der Waals surface area contributed by atoms with Gasteiger partial charge < -0.3 is 0 Å². The molecule has 90 valence electrons. The van der Waals surface area contributed by atoms with Gasteiger partial charge in [0, 0.05) is 0 Å². The molecular formula is C16H21N. The van der Waals surface area contributed by atoms with Crippen LogP contribution < -0.4 is 0 Å². The molecular weight excluding hydrogens is 206 g/mol. The molecule has 0 radical (unpaired) electrons. The fourth-order valence-corrected chi connectivity index (χ4v) is 2.52. The summed E-state index contributed by atoms with van der Waals surface area (Å²) in [6.07, 6.45) is 7.95. The lowest BCUT2D eigenvalue weighted by atomic mass is 9.97. The van der Waals surface area contributed by atoms with Crippen molar-refractivity contribution in [3.63, 3.8) is 0 Å². The normalized spacial score (nSPS) is 16.3. The summed E-state index contributed by atoms with van der Waals surface area (Å²) in [5.41, 5.74) is 2.84. The van der Waals surface area contributed by atoms with E-state index in [4.69, 9.17) is 0 Å². The first-order valence-electron chi connectivity index (χ1n) is 6.52. The Morgan fingerprint density at radius 2 is 1.82 bits per heavy atom. The topological polar surface area (TPSA) is 3.24 Å². The van der Waals surface area contributed by atoms with E-state index in [1.54, 1.807) is 0 Å². The van der Waals surface area contributed by atoms with Gasteiger partial charge in [-0.1, -0.05) is 62.4 Å². The van der Waals surface area contributed by atoms with Crippen molar-refractivity contribution in [1.82, 2.24) is 4.90 Å². The van der Waals surface area contributed by atoms with Crippen molar-refractivity contribution in [3.8, 4) is 0 Å². The average molecular weight is 227 g/mol. The molecule has 0 N–H and O–H groups in total. The zero-order chi connectivity index (χ0) is 12.1. The maximum absolute atomic E-state index is 2.51. The van der Waals surface area contributed by atoms with E-state index in [0.29, 0.717) is 6.04 Å². The van der Waals surface area contributed by atoms with Crippen LogP contribution in [0.3, 0.4) is 0 Å². The zero-order valence-corrected chi connectivity index (χ0v) is 10.8. The Kier molecular flexibility index (Phi) is 4.16. The van der Waals surface area contributed by atoms with Gasteiger partial charge in [-0.15, -0.1) is 0 Å². The van der Waals surface area contributed by atoms with Crippen molar-refractivity contribution in [2.45, 2.75) is 26.3 Å². The SMILES string of the molecule is CCN(CC)C(C1=CCC=C1)c1ccccc1. The summed E-state index contributed by atoms with van der Waals surface area (Å²) < 4.78 is 0. The number of nitrogens with zero attached hydrogens (tertiary/aromatic N) is 1. The number of allylic oxidation sites excluding steroid dienone is 2. The summed E-state index contributed by atoms with van der Waals surface area (Å²) in [5, 5.41) is 0. The number of hydrogen-bond donors (Lipinski definition) is 0. The maximum atomic E-state index is 2.51. The first-order valence-corrected chi connectivity index (χ1v) is 6.52. The highest BCUT2D eigenvalue weighted by Crippen LogP contribution is 2.31. The lowest BCUT2D eigenvalue weighted by Gasteiger charge is -2.30. The average Bonchev–Trinajstić information content (AvgIpc) is 2.90. The van der Waals surface area contributed by atoms with Gasteiger partial charge in [0.1, 0.15) is 0 Å². The van der Waals surface area contributed by atoms with E-state index < -0.39 is 0 Å². The third kappa shape index (κ3) is 2.67. The minimum Gasteiger partial charge on any atom is -0.293 e. The van der Waals surface area contributed by atoms with Gasteiger partial charge >= 0.3 is 0 Å². The minimum atomic E-state index is 0.421. The molecule has 1 nitrogen and oxygen atoms in total. The minimum absolute atomic E-state index is 0.421. The van der Waals surface area contributed by atoms with Crippen LogP contribution in [0.4, 0.5) is 0 Å². The molecule has 0 aliphatic heterocycles. The number of benzene rings is 1. The lowest BCUT2D eigenvalue weighted by molar-refractivity contribution is 0.250. The smallest absolute Gasteiger partial charge is 0.0598 e. The number of hydrogen-bond acceptors (Lipinski definition) is 1. The molecule has 1 atom stereocenters. The van der Waals surface area contributed by atoms with Crippen LogP contribution in [0.1, 0.15) is 31.9 Å². The summed E-state index contributed by atoms with van der Waals surface area (Å²) in [5.74, 6) is 0. The van der Waals surface area contributed by atoms with Gasteiger partial charge in [0.2, 0.25) is 0 Å². The molecule has 0 bridgehead atoms. The number of rotatable bonds is 5. The van der Waals surface area contributed by atoms with E-state index in [-0.39, 0.29) is 0 Å². The molecule has 0 aromatic heterocycles. The van der Waals surface area contributed by atoms with Crippen LogP contribution in [-0.2, 0) is 0 Å². The molecule has 0 saturated carbocycles. The van der Waals surface area contributed by atoms with E-state index in [2.05, 4.69) is 67.3 Å². The molecule has 0 spiro atoms. The molecule has 1 heteroatoms. The van der Waals surface area contributed by atoms with E-state index in [9.17, 15) is 0 Å². The van der Waals surface area contributed by atoms with Crippen LogP contribution >= 0.6 is 0 Å². The Balaban J connectivity index is 2.33. The van der Waals surface area contributed by atoms with Gasteiger partial charge in [0.05, 0.1) is 6.04 Å². The van der Waals surface area contributed by atoms with E-state index in [1.807, 2.05) is 0 Å². The third-order valence-corrected chi connectivity index (χ3v) is 3.41. The molecule has 0 saturated heterocycles. The predicted octanol–water partition coefficient (Wildman–Crippen LogP) is 3.96. The largest absolute Gasteiger partial charge is 0.293 e.